The van der Waals surface area contributed by atoms with Crippen LogP contribution in [0.1, 0.15) is 22.3 Å². The van der Waals surface area contributed by atoms with E-state index in [1.165, 1.54) is 6.07 Å². The molecule has 0 bridgehead atoms. The van der Waals surface area contributed by atoms with E-state index in [2.05, 4.69) is 12.6 Å². The first kappa shape index (κ1) is 9.40. The van der Waals surface area contributed by atoms with Crippen LogP contribution in [0, 0.1) is 0 Å². The van der Waals surface area contributed by atoms with Gasteiger partial charge < -0.3 is 9.84 Å². The van der Waals surface area contributed by atoms with Crippen LogP contribution in [0.4, 0.5) is 0 Å². The van der Waals surface area contributed by atoms with Crippen LogP contribution in [0.2, 0.25) is 0 Å². The fourth-order valence-corrected chi connectivity index (χ4v) is 1.91. The van der Waals surface area contributed by atoms with E-state index < -0.39 is 5.97 Å². The van der Waals surface area contributed by atoms with Crippen molar-refractivity contribution in [2.75, 3.05) is 6.61 Å². The van der Waals surface area contributed by atoms with Gasteiger partial charge in [-0.1, -0.05) is 0 Å². The van der Waals surface area contributed by atoms with Crippen LogP contribution in [0.3, 0.4) is 0 Å². The molecule has 4 heteroatoms. The fourth-order valence-electron chi connectivity index (χ4n) is 1.62. The third-order valence-corrected chi connectivity index (χ3v) is 2.48. The first-order chi connectivity index (χ1) is 6.68. The van der Waals surface area contributed by atoms with Crippen molar-refractivity contribution in [1.82, 2.24) is 0 Å². The number of rotatable bonds is 1. The van der Waals surface area contributed by atoms with E-state index in [9.17, 15) is 4.79 Å². The summed E-state index contributed by atoms with van der Waals surface area (Å²) in [5.74, 6) is -0.444. The van der Waals surface area contributed by atoms with Gasteiger partial charge in [-0.2, -0.15) is 0 Å². The van der Waals surface area contributed by atoms with Crippen LogP contribution < -0.4 is 4.74 Å². The maximum Gasteiger partial charge on any atom is 0.339 e. The third-order valence-electron chi connectivity index (χ3n) is 2.22. The highest BCUT2D eigenvalue weighted by Crippen LogP contribution is 2.31. The summed E-state index contributed by atoms with van der Waals surface area (Å²) in [7, 11) is 0. The van der Waals surface area contributed by atoms with Gasteiger partial charge in [-0.25, -0.2) is 4.79 Å². The van der Waals surface area contributed by atoms with Crippen molar-refractivity contribution in [2.45, 2.75) is 17.7 Å². The van der Waals surface area contributed by atoms with Crippen molar-refractivity contribution >= 4 is 18.6 Å². The molecule has 74 valence electrons. The normalized spacial score (nSPS) is 14.4. The Labute approximate surface area is 87.1 Å². The zero-order valence-corrected chi connectivity index (χ0v) is 8.38. The van der Waals surface area contributed by atoms with Gasteiger partial charge in [0.25, 0.3) is 0 Å². The SMILES string of the molecule is O=C(O)c1cc(S)cc2c1OCCC2. The smallest absolute Gasteiger partial charge is 0.339 e. The number of carboxylic acids is 1. The average Bonchev–Trinajstić information content (AvgIpc) is 2.16. The number of hydrogen-bond acceptors (Lipinski definition) is 3. The number of hydrogen-bond donors (Lipinski definition) is 2. The van der Waals surface area contributed by atoms with Gasteiger partial charge in [0.05, 0.1) is 6.61 Å². The van der Waals surface area contributed by atoms with E-state index in [0.717, 1.165) is 18.4 Å². The van der Waals surface area contributed by atoms with Crippen LogP contribution in [-0.4, -0.2) is 17.7 Å². The molecule has 1 N–H and O–H groups in total. The number of ether oxygens (including phenoxy) is 1. The monoisotopic (exact) mass is 210 g/mol. The molecule has 3 nitrogen and oxygen atoms in total. The summed E-state index contributed by atoms with van der Waals surface area (Å²) in [6.45, 7) is 0.596. The predicted octanol–water partition coefficient (Wildman–Crippen LogP) is 2.00. The topological polar surface area (TPSA) is 46.5 Å². The van der Waals surface area contributed by atoms with Crippen LogP contribution >= 0.6 is 12.6 Å². The summed E-state index contributed by atoms with van der Waals surface area (Å²) in [5, 5.41) is 8.95. The molecular weight excluding hydrogens is 200 g/mol. The lowest BCUT2D eigenvalue weighted by atomic mass is 10.0. The second-order valence-electron chi connectivity index (χ2n) is 3.24. The molecule has 1 heterocycles. The Morgan fingerprint density at radius 3 is 3.00 bits per heavy atom. The molecule has 0 amide bonds. The summed E-state index contributed by atoms with van der Waals surface area (Å²) in [6.07, 6.45) is 1.80. The van der Waals surface area contributed by atoms with E-state index >= 15 is 0 Å². The molecule has 0 aliphatic carbocycles. The van der Waals surface area contributed by atoms with E-state index in [1.54, 1.807) is 0 Å². The molecule has 0 spiro atoms. The third kappa shape index (κ3) is 1.57. The van der Waals surface area contributed by atoms with E-state index in [4.69, 9.17) is 9.84 Å². The molecule has 0 saturated heterocycles. The summed E-state index contributed by atoms with van der Waals surface area (Å²) in [6, 6.07) is 3.39. The van der Waals surface area contributed by atoms with Crippen molar-refractivity contribution in [3.63, 3.8) is 0 Å². The first-order valence-corrected chi connectivity index (χ1v) is 4.85. The minimum Gasteiger partial charge on any atom is -0.492 e. The number of thiol groups is 1. The number of aryl methyl sites for hydroxylation is 1. The van der Waals surface area contributed by atoms with Crippen molar-refractivity contribution in [3.8, 4) is 5.75 Å². The maximum atomic E-state index is 10.9. The molecule has 1 aromatic carbocycles. The van der Waals surface area contributed by atoms with Gasteiger partial charge in [0, 0.05) is 4.90 Å². The molecule has 0 radical (unpaired) electrons. The Morgan fingerprint density at radius 2 is 2.29 bits per heavy atom. The molecule has 2 rings (SSSR count). The highest BCUT2D eigenvalue weighted by molar-refractivity contribution is 7.80. The van der Waals surface area contributed by atoms with Crippen LogP contribution in [0.25, 0.3) is 0 Å². The van der Waals surface area contributed by atoms with Gasteiger partial charge in [-0.3, -0.25) is 0 Å². The number of fused-ring (bicyclic) bond motifs is 1. The van der Waals surface area contributed by atoms with Crippen molar-refractivity contribution in [3.05, 3.63) is 23.3 Å². The highest BCUT2D eigenvalue weighted by Gasteiger charge is 2.19. The van der Waals surface area contributed by atoms with E-state index in [-0.39, 0.29) is 5.56 Å². The van der Waals surface area contributed by atoms with Crippen LogP contribution in [0.15, 0.2) is 17.0 Å². The van der Waals surface area contributed by atoms with Gasteiger partial charge in [-0.15, -0.1) is 12.6 Å². The Bertz CT molecular complexity index is 387. The van der Waals surface area contributed by atoms with Gasteiger partial charge in [0.1, 0.15) is 11.3 Å². The zero-order chi connectivity index (χ0) is 10.1. The van der Waals surface area contributed by atoms with Gasteiger partial charge in [0.2, 0.25) is 0 Å². The summed E-state index contributed by atoms with van der Waals surface area (Å²) in [4.78, 5) is 11.6. The second-order valence-corrected chi connectivity index (χ2v) is 3.76. The molecule has 0 saturated carbocycles. The summed E-state index contributed by atoms with van der Waals surface area (Å²) >= 11 is 4.16. The standard InChI is InChI=1S/C10H10O3S/c11-10(12)8-5-7(14)4-6-2-1-3-13-9(6)8/h4-5,14H,1-3H2,(H,11,12). The number of aromatic carboxylic acids is 1. The van der Waals surface area contributed by atoms with Crippen molar-refractivity contribution in [1.29, 1.82) is 0 Å². The molecule has 1 aliphatic heterocycles. The highest BCUT2D eigenvalue weighted by atomic mass is 32.1. The Balaban J connectivity index is 2.58. The van der Waals surface area contributed by atoms with E-state index in [0.29, 0.717) is 17.3 Å². The second kappa shape index (κ2) is 3.53. The molecule has 0 atom stereocenters. The first-order valence-electron chi connectivity index (χ1n) is 4.40. The predicted molar refractivity (Wildman–Crippen MR) is 54.5 cm³/mol. The van der Waals surface area contributed by atoms with Crippen LogP contribution in [0.5, 0.6) is 5.75 Å². The van der Waals surface area contributed by atoms with Gasteiger partial charge >= 0.3 is 5.97 Å². The number of benzene rings is 1. The molecule has 1 aromatic rings. The lowest BCUT2D eigenvalue weighted by Crippen LogP contribution is -2.12. The van der Waals surface area contributed by atoms with Crippen molar-refractivity contribution in [2.24, 2.45) is 0 Å². The van der Waals surface area contributed by atoms with Gasteiger partial charge in [0.15, 0.2) is 0 Å². The minimum absolute atomic E-state index is 0.215. The van der Waals surface area contributed by atoms with Crippen LogP contribution in [-0.2, 0) is 6.42 Å². The molecule has 1 aliphatic rings. The fraction of sp³-hybridized carbons (Fsp3) is 0.300. The quantitative estimate of drug-likeness (QED) is 0.697. The molecular formula is C10H10O3S. The lowest BCUT2D eigenvalue weighted by molar-refractivity contribution is 0.0691. The lowest BCUT2D eigenvalue weighted by Gasteiger charge is -2.19. The Kier molecular flexibility index (Phi) is 2.37. The Morgan fingerprint density at radius 1 is 1.50 bits per heavy atom. The molecule has 0 unspecified atom stereocenters. The van der Waals surface area contributed by atoms with Gasteiger partial charge in [-0.05, 0) is 30.5 Å². The molecule has 14 heavy (non-hydrogen) atoms. The average molecular weight is 210 g/mol. The zero-order valence-electron chi connectivity index (χ0n) is 7.49. The van der Waals surface area contributed by atoms with Crippen molar-refractivity contribution < 1.29 is 14.6 Å². The number of carbonyl (C=O) groups is 1. The molecule has 0 fully saturated rings. The largest absolute Gasteiger partial charge is 0.492 e. The molecule has 0 aromatic heterocycles. The van der Waals surface area contributed by atoms with E-state index in [1.807, 2.05) is 6.07 Å². The summed E-state index contributed by atoms with van der Waals surface area (Å²) in [5.41, 5.74) is 1.16. The maximum absolute atomic E-state index is 10.9. The summed E-state index contributed by atoms with van der Waals surface area (Å²) < 4.78 is 5.36. The Hall–Kier alpha value is -1.16. The number of carboxylic acid groups (broad SMARTS) is 1. The minimum atomic E-state index is -0.959.